The number of aliphatic hydroxyl groups is 1. The molecule has 56 valence electrons. The van der Waals surface area contributed by atoms with Gasteiger partial charge < -0.3 is 9.84 Å². The summed E-state index contributed by atoms with van der Waals surface area (Å²) in [6, 6.07) is 0. The molecule has 1 N–H and O–H groups in total. The summed E-state index contributed by atoms with van der Waals surface area (Å²) in [5, 5.41) is 8.59. The number of carbonyl (C=O) groups excluding carboxylic acids is 1. The fourth-order valence-corrected chi connectivity index (χ4v) is 0.313. The summed E-state index contributed by atoms with van der Waals surface area (Å²) in [5.41, 5.74) is 0. The number of hydrogen-bond donors (Lipinski definition) is 1. The SMILES string of the molecule is C/C(=C/C=O)O/C=C(\C)O. The van der Waals surface area contributed by atoms with E-state index in [0.29, 0.717) is 12.0 Å². The van der Waals surface area contributed by atoms with Crippen LogP contribution in [-0.2, 0) is 9.53 Å². The number of hydrogen-bond acceptors (Lipinski definition) is 3. The zero-order valence-electron chi connectivity index (χ0n) is 6.00. The van der Waals surface area contributed by atoms with Crippen molar-refractivity contribution in [3.8, 4) is 0 Å². The summed E-state index contributed by atoms with van der Waals surface area (Å²) in [7, 11) is 0. The van der Waals surface area contributed by atoms with Crippen LogP contribution in [0.4, 0.5) is 0 Å². The summed E-state index contributed by atoms with van der Waals surface area (Å²) in [5.74, 6) is 0.516. The van der Waals surface area contributed by atoms with E-state index in [4.69, 9.17) is 9.84 Å². The zero-order chi connectivity index (χ0) is 7.98. The van der Waals surface area contributed by atoms with E-state index in [1.165, 1.54) is 13.0 Å². The molecule has 0 aromatic rings. The quantitative estimate of drug-likeness (QED) is 0.369. The van der Waals surface area contributed by atoms with Gasteiger partial charge in [-0.2, -0.15) is 0 Å². The molecule has 10 heavy (non-hydrogen) atoms. The molecule has 0 fully saturated rings. The number of carbonyl (C=O) groups is 1. The van der Waals surface area contributed by atoms with Gasteiger partial charge in [0.1, 0.15) is 24.1 Å². The summed E-state index contributed by atoms with van der Waals surface area (Å²) in [4.78, 5) is 9.82. The van der Waals surface area contributed by atoms with E-state index in [9.17, 15) is 4.79 Å². The van der Waals surface area contributed by atoms with Crippen molar-refractivity contribution in [2.45, 2.75) is 13.8 Å². The maximum absolute atomic E-state index is 9.82. The number of aliphatic hydroxyl groups excluding tert-OH is 1. The van der Waals surface area contributed by atoms with Crippen LogP contribution in [0.5, 0.6) is 0 Å². The first-order chi connectivity index (χ1) is 4.66. The third kappa shape index (κ3) is 4.90. The highest BCUT2D eigenvalue weighted by Crippen LogP contribution is 1.96. The van der Waals surface area contributed by atoms with Crippen LogP contribution in [0.1, 0.15) is 13.8 Å². The van der Waals surface area contributed by atoms with Gasteiger partial charge in [0.25, 0.3) is 0 Å². The Morgan fingerprint density at radius 3 is 2.50 bits per heavy atom. The van der Waals surface area contributed by atoms with E-state index in [1.54, 1.807) is 6.92 Å². The first-order valence-corrected chi connectivity index (χ1v) is 2.81. The second kappa shape index (κ2) is 4.61. The molecule has 3 nitrogen and oxygen atoms in total. The van der Waals surface area contributed by atoms with Crippen molar-refractivity contribution in [2.24, 2.45) is 0 Å². The molecule has 0 heterocycles. The molecule has 0 aliphatic rings. The molecule has 0 unspecified atom stereocenters. The molecule has 0 amide bonds. The Kier molecular flexibility index (Phi) is 4.04. The van der Waals surface area contributed by atoms with E-state index in [2.05, 4.69) is 0 Å². The van der Waals surface area contributed by atoms with Gasteiger partial charge in [0.05, 0.1) is 0 Å². The molecule has 3 heteroatoms. The van der Waals surface area contributed by atoms with Gasteiger partial charge in [-0.05, 0) is 13.8 Å². The molecule has 0 rings (SSSR count). The Morgan fingerprint density at radius 1 is 1.50 bits per heavy atom. The van der Waals surface area contributed by atoms with E-state index in [0.717, 1.165) is 6.26 Å². The minimum Gasteiger partial charge on any atom is -0.509 e. The lowest BCUT2D eigenvalue weighted by Gasteiger charge is -1.96. The van der Waals surface area contributed by atoms with Crippen LogP contribution in [0.25, 0.3) is 0 Å². The lowest BCUT2D eigenvalue weighted by Crippen LogP contribution is -1.81. The Balaban J connectivity index is 3.80. The average Bonchev–Trinajstić information content (AvgIpc) is 1.85. The highest BCUT2D eigenvalue weighted by molar-refractivity contribution is 5.65. The van der Waals surface area contributed by atoms with E-state index >= 15 is 0 Å². The molecule has 0 bridgehead atoms. The molecular weight excluding hydrogens is 132 g/mol. The maximum atomic E-state index is 9.82. The molecular formula is C7H10O3. The number of aldehydes is 1. The monoisotopic (exact) mass is 142 g/mol. The lowest BCUT2D eigenvalue weighted by atomic mass is 10.5. The first kappa shape index (κ1) is 8.75. The number of allylic oxidation sites excluding steroid dienone is 3. The smallest absolute Gasteiger partial charge is 0.146 e. The molecule has 0 radical (unpaired) electrons. The van der Waals surface area contributed by atoms with Gasteiger partial charge in [0, 0.05) is 6.08 Å². The van der Waals surface area contributed by atoms with Gasteiger partial charge in [-0.15, -0.1) is 0 Å². The summed E-state index contributed by atoms with van der Waals surface area (Å²) < 4.78 is 4.76. The van der Waals surface area contributed by atoms with Crippen LogP contribution >= 0.6 is 0 Å². The lowest BCUT2D eigenvalue weighted by molar-refractivity contribution is -0.104. The Bertz CT molecular complexity index is 164. The zero-order valence-corrected chi connectivity index (χ0v) is 6.00. The molecule has 0 aromatic heterocycles. The predicted molar refractivity (Wildman–Crippen MR) is 37.3 cm³/mol. The highest BCUT2D eigenvalue weighted by atomic mass is 16.5. The Hall–Kier alpha value is -1.25. The normalized spacial score (nSPS) is 13.0. The number of ether oxygens (including phenoxy) is 1. The molecule has 0 saturated carbocycles. The standard InChI is InChI=1S/C7H10O3/c1-6(9)5-10-7(2)3-4-8/h3-5,9H,1-2H3/b6-5+,7-3-. The molecule has 0 aliphatic heterocycles. The third-order valence-corrected chi connectivity index (χ3v) is 0.718. The van der Waals surface area contributed by atoms with Crippen molar-refractivity contribution in [1.82, 2.24) is 0 Å². The minimum atomic E-state index is 0.0682. The van der Waals surface area contributed by atoms with Gasteiger partial charge in [-0.25, -0.2) is 0 Å². The summed E-state index contributed by atoms with van der Waals surface area (Å²) >= 11 is 0. The van der Waals surface area contributed by atoms with Gasteiger partial charge in [0.15, 0.2) is 0 Å². The Labute approximate surface area is 59.6 Å². The van der Waals surface area contributed by atoms with Crippen molar-refractivity contribution >= 4 is 6.29 Å². The predicted octanol–water partition coefficient (Wildman–Crippen LogP) is 1.53. The van der Waals surface area contributed by atoms with Gasteiger partial charge in [-0.3, -0.25) is 4.79 Å². The van der Waals surface area contributed by atoms with Crippen LogP contribution < -0.4 is 0 Å². The van der Waals surface area contributed by atoms with Crippen molar-refractivity contribution < 1.29 is 14.6 Å². The molecule has 0 aliphatic carbocycles. The first-order valence-electron chi connectivity index (χ1n) is 2.81. The molecule has 0 spiro atoms. The van der Waals surface area contributed by atoms with Crippen LogP contribution in [0.15, 0.2) is 23.9 Å². The van der Waals surface area contributed by atoms with Crippen molar-refractivity contribution in [2.75, 3.05) is 0 Å². The fourth-order valence-electron chi connectivity index (χ4n) is 0.313. The van der Waals surface area contributed by atoms with Crippen LogP contribution in [0, 0.1) is 0 Å². The van der Waals surface area contributed by atoms with E-state index in [1.807, 2.05) is 0 Å². The Morgan fingerprint density at radius 2 is 2.10 bits per heavy atom. The fraction of sp³-hybridized carbons (Fsp3) is 0.286. The van der Waals surface area contributed by atoms with Gasteiger partial charge in [-0.1, -0.05) is 0 Å². The molecule has 0 atom stereocenters. The average molecular weight is 142 g/mol. The van der Waals surface area contributed by atoms with E-state index in [-0.39, 0.29) is 5.76 Å². The topological polar surface area (TPSA) is 46.5 Å². The van der Waals surface area contributed by atoms with Crippen LogP contribution in [0.2, 0.25) is 0 Å². The van der Waals surface area contributed by atoms with Gasteiger partial charge in [0.2, 0.25) is 0 Å². The van der Waals surface area contributed by atoms with Crippen molar-refractivity contribution in [3.63, 3.8) is 0 Å². The van der Waals surface area contributed by atoms with Crippen LogP contribution in [-0.4, -0.2) is 11.4 Å². The van der Waals surface area contributed by atoms with Crippen molar-refractivity contribution in [1.29, 1.82) is 0 Å². The number of rotatable bonds is 3. The minimum absolute atomic E-state index is 0.0682. The highest BCUT2D eigenvalue weighted by Gasteiger charge is 1.84. The third-order valence-electron chi connectivity index (χ3n) is 0.718. The molecule has 0 aromatic carbocycles. The summed E-state index contributed by atoms with van der Waals surface area (Å²) in [6.45, 7) is 3.10. The maximum Gasteiger partial charge on any atom is 0.146 e. The molecule has 0 saturated heterocycles. The second-order valence-electron chi connectivity index (χ2n) is 1.79. The van der Waals surface area contributed by atoms with Crippen molar-refractivity contribution in [3.05, 3.63) is 23.9 Å². The van der Waals surface area contributed by atoms with Crippen LogP contribution in [0.3, 0.4) is 0 Å². The van der Waals surface area contributed by atoms with Gasteiger partial charge >= 0.3 is 0 Å². The van der Waals surface area contributed by atoms with E-state index < -0.39 is 0 Å². The summed E-state index contributed by atoms with van der Waals surface area (Å²) in [6.07, 6.45) is 3.05. The largest absolute Gasteiger partial charge is 0.509 e. The second-order valence-corrected chi connectivity index (χ2v) is 1.79.